The van der Waals surface area contributed by atoms with Gasteiger partial charge in [0.25, 0.3) is 0 Å². The van der Waals surface area contributed by atoms with Crippen LogP contribution in [0.25, 0.3) is 0 Å². The van der Waals surface area contributed by atoms with E-state index >= 15 is 0 Å². The van der Waals surface area contributed by atoms with Crippen LogP contribution in [0.15, 0.2) is 24.3 Å². The summed E-state index contributed by atoms with van der Waals surface area (Å²) >= 11 is 0. The number of nitrogens with zero attached hydrogens (tertiary/aromatic N) is 1. The monoisotopic (exact) mass is 284 g/mol. The fraction of sp³-hybridized carbons (Fsp3) is 0.571. The topological polar surface area (TPSA) is 63.4 Å². The first-order chi connectivity index (χ1) is 8.89. The maximum absolute atomic E-state index is 11.2. The highest BCUT2D eigenvalue weighted by Crippen LogP contribution is 2.22. The molecule has 0 radical (unpaired) electrons. The molecule has 0 aliphatic carbocycles. The summed E-state index contributed by atoms with van der Waals surface area (Å²) in [5.74, 6) is 0.161. The van der Waals surface area contributed by atoms with Gasteiger partial charge < -0.3 is 5.73 Å². The zero-order chi connectivity index (χ0) is 14.5. The van der Waals surface area contributed by atoms with Crippen LogP contribution in [0, 0.1) is 0 Å². The van der Waals surface area contributed by atoms with Crippen molar-refractivity contribution in [3.8, 4) is 0 Å². The van der Waals surface area contributed by atoms with Gasteiger partial charge in [-0.25, -0.2) is 8.42 Å². The molecule has 0 fully saturated rings. The maximum Gasteiger partial charge on any atom is 0.148 e. The lowest BCUT2D eigenvalue weighted by Crippen LogP contribution is -2.34. The Hall–Kier alpha value is -0.910. The van der Waals surface area contributed by atoms with Gasteiger partial charge in [0.1, 0.15) is 9.84 Å². The predicted molar refractivity (Wildman–Crippen MR) is 80.0 cm³/mol. The summed E-state index contributed by atoms with van der Waals surface area (Å²) in [5, 5.41) is 0. The van der Waals surface area contributed by atoms with Crippen LogP contribution in [0.4, 0.5) is 0 Å². The molecule has 1 aromatic carbocycles. The molecule has 4 nitrogen and oxygen atoms in total. The average molecular weight is 284 g/mol. The Balaban J connectivity index is 2.87. The van der Waals surface area contributed by atoms with E-state index in [2.05, 4.69) is 19.1 Å². The molecule has 1 aromatic rings. The van der Waals surface area contributed by atoms with E-state index in [1.54, 1.807) is 0 Å². The minimum absolute atomic E-state index is 0.0675. The van der Waals surface area contributed by atoms with Gasteiger partial charge in [-0.2, -0.15) is 0 Å². The number of hydrogen-bond acceptors (Lipinski definition) is 4. The molecule has 1 unspecified atom stereocenters. The molecule has 108 valence electrons. The van der Waals surface area contributed by atoms with E-state index in [0.29, 0.717) is 13.1 Å². The first kappa shape index (κ1) is 16.1. The number of hydrogen-bond donors (Lipinski definition) is 1. The second-order valence-corrected chi connectivity index (χ2v) is 7.17. The van der Waals surface area contributed by atoms with E-state index in [4.69, 9.17) is 5.73 Å². The standard InChI is InChI=1S/C14H24N2O2S/c1-4-12-7-5-6-8-13(12)14(11-15)16(2)9-10-19(3,17)18/h5-8,14H,4,9-11,15H2,1-3H3. The lowest BCUT2D eigenvalue weighted by molar-refractivity contribution is 0.263. The fourth-order valence-electron chi connectivity index (χ4n) is 2.19. The van der Waals surface area contributed by atoms with Crippen LogP contribution in [-0.4, -0.2) is 45.5 Å². The van der Waals surface area contributed by atoms with Gasteiger partial charge in [0.05, 0.1) is 5.75 Å². The van der Waals surface area contributed by atoms with Crippen molar-refractivity contribution in [1.82, 2.24) is 4.90 Å². The largest absolute Gasteiger partial charge is 0.329 e. The Morgan fingerprint density at radius 1 is 1.32 bits per heavy atom. The molecule has 2 N–H and O–H groups in total. The van der Waals surface area contributed by atoms with Gasteiger partial charge in [-0.15, -0.1) is 0 Å². The number of likely N-dealkylation sites (N-methyl/N-ethyl adjacent to an activating group) is 1. The van der Waals surface area contributed by atoms with Gasteiger partial charge in [-0.3, -0.25) is 4.90 Å². The molecule has 5 heteroatoms. The van der Waals surface area contributed by atoms with Gasteiger partial charge in [0.15, 0.2) is 0 Å². The Kier molecular flexibility index (Phi) is 5.97. The first-order valence-electron chi connectivity index (χ1n) is 6.55. The second-order valence-electron chi connectivity index (χ2n) is 4.91. The van der Waals surface area contributed by atoms with E-state index in [0.717, 1.165) is 6.42 Å². The normalized spacial score (nSPS) is 13.7. The van der Waals surface area contributed by atoms with Crippen molar-refractivity contribution in [2.75, 3.05) is 32.1 Å². The number of aryl methyl sites for hydroxylation is 1. The maximum atomic E-state index is 11.2. The highest BCUT2D eigenvalue weighted by Gasteiger charge is 2.18. The van der Waals surface area contributed by atoms with Crippen molar-refractivity contribution in [3.63, 3.8) is 0 Å². The zero-order valence-corrected chi connectivity index (χ0v) is 12.8. The summed E-state index contributed by atoms with van der Waals surface area (Å²) in [4.78, 5) is 2.02. The molecule has 0 aliphatic rings. The first-order valence-corrected chi connectivity index (χ1v) is 8.61. The number of sulfone groups is 1. The van der Waals surface area contributed by atoms with Crippen LogP contribution in [-0.2, 0) is 16.3 Å². The minimum atomic E-state index is -2.94. The molecule has 0 aromatic heterocycles. The minimum Gasteiger partial charge on any atom is -0.329 e. The van der Waals surface area contributed by atoms with Crippen molar-refractivity contribution in [2.45, 2.75) is 19.4 Å². The van der Waals surface area contributed by atoms with Crippen LogP contribution in [0.2, 0.25) is 0 Å². The molecule has 19 heavy (non-hydrogen) atoms. The summed E-state index contributed by atoms with van der Waals surface area (Å²) in [6.45, 7) is 3.10. The number of benzene rings is 1. The molecule has 0 bridgehead atoms. The van der Waals surface area contributed by atoms with E-state index in [1.807, 2.05) is 24.1 Å². The van der Waals surface area contributed by atoms with Gasteiger partial charge in [0, 0.05) is 25.4 Å². The SMILES string of the molecule is CCc1ccccc1C(CN)N(C)CCS(C)(=O)=O. The van der Waals surface area contributed by atoms with Crippen LogP contribution in [0.1, 0.15) is 24.1 Å². The Labute approximate surface area is 116 Å². The Morgan fingerprint density at radius 2 is 1.95 bits per heavy atom. The molecule has 0 spiro atoms. The van der Waals surface area contributed by atoms with E-state index in [-0.39, 0.29) is 11.8 Å². The molecule has 1 atom stereocenters. The van der Waals surface area contributed by atoms with Crippen LogP contribution < -0.4 is 5.73 Å². The molecule has 1 rings (SSSR count). The molecule has 0 saturated carbocycles. The summed E-state index contributed by atoms with van der Waals surface area (Å²) in [5.41, 5.74) is 8.34. The number of nitrogens with two attached hydrogens (primary N) is 1. The van der Waals surface area contributed by atoms with E-state index in [9.17, 15) is 8.42 Å². The summed E-state index contributed by atoms with van der Waals surface area (Å²) in [7, 11) is -1.02. The Bertz CT molecular complexity index is 500. The smallest absolute Gasteiger partial charge is 0.148 e. The second kappa shape index (κ2) is 7.03. The van der Waals surface area contributed by atoms with Gasteiger partial charge in [-0.1, -0.05) is 31.2 Å². The summed E-state index contributed by atoms with van der Waals surface area (Å²) < 4.78 is 22.5. The van der Waals surface area contributed by atoms with E-state index < -0.39 is 9.84 Å². The molecular formula is C14H24N2O2S. The fourth-order valence-corrected chi connectivity index (χ4v) is 2.81. The third kappa shape index (κ3) is 4.93. The molecule has 0 aliphatic heterocycles. The van der Waals surface area contributed by atoms with Gasteiger partial charge >= 0.3 is 0 Å². The third-order valence-corrected chi connectivity index (χ3v) is 4.29. The van der Waals surface area contributed by atoms with Crippen LogP contribution in [0.3, 0.4) is 0 Å². The molecular weight excluding hydrogens is 260 g/mol. The third-order valence-electron chi connectivity index (χ3n) is 3.37. The predicted octanol–water partition coefficient (Wildman–Crippen LogP) is 1.23. The molecule has 0 heterocycles. The Morgan fingerprint density at radius 3 is 2.47 bits per heavy atom. The van der Waals surface area contributed by atoms with Crippen molar-refractivity contribution < 1.29 is 8.42 Å². The average Bonchev–Trinajstić information content (AvgIpc) is 2.37. The van der Waals surface area contributed by atoms with Crippen molar-refractivity contribution in [3.05, 3.63) is 35.4 Å². The molecule has 0 saturated heterocycles. The summed E-state index contributed by atoms with van der Waals surface area (Å²) in [6, 6.07) is 8.27. The lowest BCUT2D eigenvalue weighted by atomic mass is 9.98. The van der Waals surface area contributed by atoms with E-state index in [1.165, 1.54) is 17.4 Å². The highest BCUT2D eigenvalue weighted by atomic mass is 32.2. The van der Waals surface area contributed by atoms with Crippen molar-refractivity contribution in [1.29, 1.82) is 0 Å². The zero-order valence-electron chi connectivity index (χ0n) is 12.0. The molecule has 0 amide bonds. The number of rotatable bonds is 7. The lowest BCUT2D eigenvalue weighted by Gasteiger charge is -2.28. The van der Waals surface area contributed by atoms with Gasteiger partial charge in [0.2, 0.25) is 0 Å². The quantitative estimate of drug-likeness (QED) is 0.818. The van der Waals surface area contributed by atoms with Crippen molar-refractivity contribution in [2.24, 2.45) is 5.73 Å². The summed E-state index contributed by atoms with van der Waals surface area (Å²) in [6.07, 6.45) is 2.21. The highest BCUT2D eigenvalue weighted by molar-refractivity contribution is 7.90. The van der Waals surface area contributed by atoms with Crippen LogP contribution >= 0.6 is 0 Å². The van der Waals surface area contributed by atoms with Crippen molar-refractivity contribution >= 4 is 9.84 Å². The van der Waals surface area contributed by atoms with Crippen LogP contribution in [0.5, 0.6) is 0 Å². The van der Waals surface area contributed by atoms with Gasteiger partial charge in [-0.05, 0) is 24.6 Å².